The highest BCUT2D eigenvalue weighted by Crippen LogP contribution is 2.49. The lowest BCUT2D eigenvalue weighted by Crippen LogP contribution is -2.52. The number of rotatable bonds is 4. The second kappa shape index (κ2) is 6.73. The average molecular weight is 388 g/mol. The fourth-order valence-corrected chi connectivity index (χ4v) is 5.17. The van der Waals surface area contributed by atoms with Crippen molar-refractivity contribution in [2.45, 2.75) is 23.2 Å². The summed E-state index contributed by atoms with van der Waals surface area (Å²) in [4.78, 5) is 14.8. The summed E-state index contributed by atoms with van der Waals surface area (Å²) in [5.74, 6) is -0.500. The van der Waals surface area contributed by atoms with Crippen molar-refractivity contribution in [3.63, 3.8) is 0 Å². The smallest absolute Gasteiger partial charge is 0.243 e. The van der Waals surface area contributed by atoms with Crippen molar-refractivity contribution in [2.75, 3.05) is 26.2 Å². The summed E-state index contributed by atoms with van der Waals surface area (Å²) in [6.45, 7) is 1.13. The van der Waals surface area contributed by atoms with Gasteiger partial charge in [0, 0.05) is 26.2 Å². The number of carbonyl (C=O) groups is 1. The zero-order valence-electron chi connectivity index (χ0n) is 14.8. The molecule has 2 aliphatic rings. The Morgan fingerprint density at radius 1 is 0.926 bits per heavy atom. The fourth-order valence-electron chi connectivity index (χ4n) is 3.72. The minimum Gasteiger partial charge on any atom is -0.339 e. The van der Waals surface area contributed by atoms with Crippen molar-refractivity contribution < 1.29 is 17.6 Å². The van der Waals surface area contributed by atoms with Gasteiger partial charge in [-0.05, 0) is 36.6 Å². The third-order valence-corrected chi connectivity index (χ3v) is 7.34. The Hall–Kier alpha value is -2.25. The minimum absolute atomic E-state index is 0.0507. The summed E-state index contributed by atoms with van der Waals surface area (Å²) in [6, 6.07) is 14.8. The van der Waals surface area contributed by atoms with Crippen LogP contribution in [0.2, 0.25) is 0 Å². The number of benzene rings is 2. The summed E-state index contributed by atoms with van der Waals surface area (Å²) in [7, 11) is -3.75. The lowest BCUT2D eigenvalue weighted by molar-refractivity contribution is -0.135. The highest BCUT2D eigenvalue weighted by molar-refractivity contribution is 7.89. The van der Waals surface area contributed by atoms with Crippen LogP contribution in [0.15, 0.2) is 59.5 Å². The van der Waals surface area contributed by atoms with Crippen LogP contribution in [0.3, 0.4) is 0 Å². The second-order valence-electron chi connectivity index (χ2n) is 7.10. The van der Waals surface area contributed by atoms with Crippen LogP contribution in [-0.4, -0.2) is 49.7 Å². The molecule has 0 N–H and O–H groups in total. The van der Waals surface area contributed by atoms with Crippen LogP contribution in [0.25, 0.3) is 0 Å². The van der Waals surface area contributed by atoms with E-state index >= 15 is 0 Å². The summed E-state index contributed by atoms with van der Waals surface area (Å²) in [5, 5.41) is 0. The zero-order chi connectivity index (χ0) is 19.1. The van der Waals surface area contributed by atoms with Crippen molar-refractivity contribution in [2.24, 2.45) is 0 Å². The van der Waals surface area contributed by atoms with Crippen molar-refractivity contribution in [1.29, 1.82) is 0 Å². The van der Waals surface area contributed by atoms with Gasteiger partial charge in [0.1, 0.15) is 5.82 Å². The highest BCUT2D eigenvalue weighted by Gasteiger charge is 2.53. The lowest BCUT2D eigenvalue weighted by atomic mass is 9.94. The van der Waals surface area contributed by atoms with Gasteiger partial charge in [0.15, 0.2) is 0 Å². The molecule has 0 spiro atoms. The minimum atomic E-state index is -3.75. The molecule has 5 nitrogen and oxygen atoms in total. The molecule has 1 saturated heterocycles. The van der Waals surface area contributed by atoms with E-state index in [9.17, 15) is 17.6 Å². The van der Waals surface area contributed by atoms with Gasteiger partial charge in [-0.25, -0.2) is 12.8 Å². The summed E-state index contributed by atoms with van der Waals surface area (Å²) in [6.07, 6.45) is 1.66. The quantitative estimate of drug-likeness (QED) is 0.808. The molecule has 7 heteroatoms. The van der Waals surface area contributed by atoms with Gasteiger partial charge in [0.25, 0.3) is 0 Å². The van der Waals surface area contributed by atoms with E-state index in [1.165, 1.54) is 22.5 Å². The first-order valence-electron chi connectivity index (χ1n) is 9.04. The second-order valence-corrected chi connectivity index (χ2v) is 9.04. The van der Waals surface area contributed by atoms with Crippen LogP contribution in [-0.2, 0) is 20.2 Å². The Morgan fingerprint density at radius 3 is 2.19 bits per heavy atom. The molecule has 0 radical (unpaired) electrons. The molecular weight excluding hydrogens is 367 g/mol. The number of hydrogen-bond acceptors (Lipinski definition) is 3. The van der Waals surface area contributed by atoms with E-state index in [1.807, 2.05) is 30.3 Å². The monoisotopic (exact) mass is 388 g/mol. The largest absolute Gasteiger partial charge is 0.339 e. The standard InChI is InChI=1S/C20H21FN2O3S/c21-17-7-4-8-18(15-17)27(25,26)23-13-11-22(12-14-23)19(24)20(9-10-20)16-5-2-1-3-6-16/h1-8,15H,9-14H2. The van der Waals surface area contributed by atoms with Gasteiger partial charge in [-0.15, -0.1) is 0 Å². The first kappa shape index (κ1) is 18.1. The van der Waals surface area contributed by atoms with Gasteiger partial charge in [0.2, 0.25) is 15.9 Å². The van der Waals surface area contributed by atoms with E-state index in [1.54, 1.807) is 4.90 Å². The maximum absolute atomic E-state index is 13.4. The third-order valence-electron chi connectivity index (χ3n) is 5.45. The molecule has 2 aromatic carbocycles. The molecule has 142 valence electrons. The predicted molar refractivity (Wildman–Crippen MR) is 99.1 cm³/mol. The molecule has 0 aromatic heterocycles. The highest BCUT2D eigenvalue weighted by atomic mass is 32.2. The van der Waals surface area contributed by atoms with Crippen molar-refractivity contribution in [1.82, 2.24) is 9.21 Å². The Bertz CT molecular complexity index is 950. The molecule has 2 aromatic rings. The average Bonchev–Trinajstić information content (AvgIpc) is 3.50. The molecular formula is C20H21FN2O3S. The Balaban J connectivity index is 1.46. The molecule has 2 fully saturated rings. The van der Waals surface area contributed by atoms with Gasteiger partial charge in [0.05, 0.1) is 10.3 Å². The SMILES string of the molecule is O=C(N1CCN(S(=O)(=O)c2cccc(F)c2)CC1)C1(c2ccccc2)CC1. The maximum Gasteiger partial charge on any atom is 0.243 e. The van der Waals surface area contributed by atoms with Crippen molar-refractivity contribution in [3.05, 3.63) is 66.0 Å². The molecule has 1 aliphatic heterocycles. The van der Waals surface area contributed by atoms with E-state index in [0.29, 0.717) is 13.1 Å². The number of piperazine rings is 1. The molecule has 1 heterocycles. The van der Waals surface area contributed by atoms with E-state index in [0.717, 1.165) is 24.5 Å². The van der Waals surface area contributed by atoms with Crippen LogP contribution in [0, 0.1) is 5.82 Å². The number of hydrogen-bond donors (Lipinski definition) is 0. The molecule has 0 atom stereocenters. The van der Waals surface area contributed by atoms with Crippen LogP contribution >= 0.6 is 0 Å². The number of amides is 1. The molecule has 4 rings (SSSR count). The normalized spacial score (nSPS) is 19.7. The Labute approximate surface area is 158 Å². The lowest BCUT2D eigenvalue weighted by Gasteiger charge is -2.36. The number of halogens is 1. The van der Waals surface area contributed by atoms with Crippen LogP contribution in [0.5, 0.6) is 0 Å². The van der Waals surface area contributed by atoms with Gasteiger partial charge in [-0.2, -0.15) is 4.31 Å². The van der Waals surface area contributed by atoms with Gasteiger partial charge >= 0.3 is 0 Å². The third kappa shape index (κ3) is 3.26. The zero-order valence-corrected chi connectivity index (χ0v) is 15.7. The Morgan fingerprint density at radius 2 is 1.59 bits per heavy atom. The summed E-state index contributed by atoms with van der Waals surface area (Å²) >= 11 is 0. The van der Waals surface area contributed by atoms with Gasteiger partial charge in [-0.3, -0.25) is 4.79 Å². The van der Waals surface area contributed by atoms with Crippen LogP contribution in [0.4, 0.5) is 4.39 Å². The van der Waals surface area contributed by atoms with E-state index in [4.69, 9.17) is 0 Å². The molecule has 1 aliphatic carbocycles. The van der Waals surface area contributed by atoms with E-state index in [2.05, 4.69) is 0 Å². The van der Waals surface area contributed by atoms with E-state index in [-0.39, 0.29) is 23.9 Å². The summed E-state index contributed by atoms with van der Waals surface area (Å²) in [5.41, 5.74) is 0.593. The number of sulfonamides is 1. The molecule has 0 bridgehead atoms. The van der Waals surface area contributed by atoms with Crippen LogP contribution in [0.1, 0.15) is 18.4 Å². The van der Waals surface area contributed by atoms with E-state index < -0.39 is 21.3 Å². The van der Waals surface area contributed by atoms with Gasteiger partial charge in [-0.1, -0.05) is 36.4 Å². The molecule has 27 heavy (non-hydrogen) atoms. The molecule has 1 saturated carbocycles. The van der Waals surface area contributed by atoms with Crippen LogP contribution < -0.4 is 0 Å². The van der Waals surface area contributed by atoms with Crippen molar-refractivity contribution in [3.8, 4) is 0 Å². The fraction of sp³-hybridized carbons (Fsp3) is 0.350. The predicted octanol–water partition coefficient (Wildman–Crippen LogP) is 2.39. The first-order valence-corrected chi connectivity index (χ1v) is 10.5. The van der Waals surface area contributed by atoms with Crippen molar-refractivity contribution >= 4 is 15.9 Å². The maximum atomic E-state index is 13.4. The number of nitrogens with zero attached hydrogens (tertiary/aromatic N) is 2. The number of carbonyl (C=O) groups excluding carboxylic acids is 1. The Kier molecular flexibility index (Phi) is 4.52. The molecule has 0 unspecified atom stereocenters. The van der Waals surface area contributed by atoms with Gasteiger partial charge < -0.3 is 4.90 Å². The molecule has 1 amide bonds. The topological polar surface area (TPSA) is 57.7 Å². The first-order chi connectivity index (χ1) is 12.9. The summed E-state index contributed by atoms with van der Waals surface area (Å²) < 4.78 is 40.1.